The van der Waals surface area contributed by atoms with Gasteiger partial charge in [-0.15, -0.1) is 0 Å². The zero-order chi connectivity index (χ0) is 25.9. The molecule has 2 unspecified atom stereocenters. The zero-order valence-electron chi connectivity index (χ0n) is 22.3. The predicted octanol–water partition coefficient (Wildman–Crippen LogP) is 5.68. The summed E-state index contributed by atoms with van der Waals surface area (Å²) in [4.78, 5) is 21.4. The topological polar surface area (TPSA) is 71.7 Å². The van der Waals surface area contributed by atoms with Crippen LogP contribution < -0.4 is 9.64 Å². The van der Waals surface area contributed by atoms with Crippen molar-refractivity contribution in [3.05, 3.63) is 41.5 Å². The highest BCUT2D eigenvalue weighted by atomic mass is 19.1. The smallest absolute Gasteiger partial charge is 0.324 e. The van der Waals surface area contributed by atoms with Crippen molar-refractivity contribution in [1.29, 1.82) is 0 Å². The molecule has 0 bridgehead atoms. The lowest BCUT2D eigenvalue weighted by Gasteiger charge is -2.30. The number of anilines is 1. The quantitative estimate of drug-likeness (QED) is 0.477. The third-order valence-electron chi connectivity index (χ3n) is 8.11. The fourth-order valence-electron chi connectivity index (χ4n) is 5.62. The van der Waals surface area contributed by atoms with Crippen LogP contribution in [-0.2, 0) is 4.79 Å². The van der Waals surface area contributed by atoms with Crippen LogP contribution in [0.1, 0.15) is 76.6 Å². The normalized spacial score (nSPS) is 23.0. The average molecular weight is 511 g/mol. The Hall–Kier alpha value is -2.90. The number of amides is 1. The molecule has 0 radical (unpaired) electrons. The average Bonchev–Trinajstić information content (AvgIpc) is 3.58. The van der Waals surface area contributed by atoms with Crippen molar-refractivity contribution in [1.82, 2.24) is 15.0 Å². The van der Waals surface area contributed by atoms with E-state index in [1.165, 1.54) is 0 Å². The minimum atomic E-state index is -0.327. The number of ether oxygens (including phenoxy) is 1. The van der Waals surface area contributed by atoms with Crippen molar-refractivity contribution in [3.63, 3.8) is 0 Å². The highest BCUT2D eigenvalue weighted by molar-refractivity contribution is 5.81. The van der Waals surface area contributed by atoms with E-state index in [-0.39, 0.29) is 23.6 Å². The Morgan fingerprint density at radius 3 is 2.62 bits per heavy atom. The number of hydrogen-bond acceptors (Lipinski definition) is 6. The molecule has 3 aliphatic rings. The molecule has 2 atom stereocenters. The summed E-state index contributed by atoms with van der Waals surface area (Å²) in [5.41, 5.74) is 2.01. The third kappa shape index (κ3) is 5.99. The molecule has 3 heterocycles. The fourth-order valence-corrected chi connectivity index (χ4v) is 5.62. The number of aromatic nitrogens is 2. The number of allylic oxidation sites excluding steroid dienone is 2. The van der Waals surface area contributed by atoms with Crippen LogP contribution in [0.25, 0.3) is 5.57 Å². The summed E-state index contributed by atoms with van der Waals surface area (Å²) >= 11 is 0. The second-order valence-corrected chi connectivity index (χ2v) is 11.4. The molecular weight excluding hydrogens is 471 g/mol. The van der Waals surface area contributed by atoms with Crippen molar-refractivity contribution >= 4 is 17.5 Å². The summed E-state index contributed by atoms with van der Waals surface area (Å²) in [6.07, 6.45) is 7.46. The minimum Gasteiger partial charge on any atom is -0.490 e. The SMILES string of the molecule is CC1CCN(C(=O)C2CC=C(c3ccc(OCC4CCN(c5nc(C(C)C)no5)CC4)c(F)c3)CC2)C1. The van der Waals surface area contributed by atoms with E-state index >= 15 is 0 Å². The van der Waals surface area contributed by atoms with Gasteiger partial charge in [-0.25, -0.2) is 4.39 Å². The van der Waals surface area contributed by atoms with Crippen LogP contribution >= 0.6 is 0 Å². The number of carbonyl (C=O) groups is 1. The highest BCUT2D eigenvalue weighted by Gasteiger charge is 2.30. The lowest BCUT2D eigenvalue weighted by atomic mass is 9.86. The van der Waals surface area contributed by atoms with Crippen molar-refractivity contribution in [2.75, 3.05) is 37.7 Å². The monoisotopic (exact) mass is 510 g/mol. The van der Waals surface area contributed by atoms with Crippen LogP contribution in [0.5, 0.6) is 5.75 Å². The van der Waals surface area contributed by atoms with Crippen molar-refractivity contribution in [2.24, 2.45) is 17.8 Å². The summed E-state index contributed by atoms with van der Waals surface area (Å²) in [6.45, 7) is 10.2. The summed E-state index contributed by atoms with van der Waals surface area (Å²) in [5, 5.41) is 4.05. The van der Waals surface area contributed by atoms with Crippen LogP contribution in [0.15, 0.2) is 28.8 Å². The van der Waals surface area contributed by atoms with E-state index in [2.05, 4.69) is 28.0 Å². The van der Waals surface area contributed by atoms with Gasteiger partial charge >= 0.3 is 6.01 Å². The Balaban J connectivity index is 1.10. The van der Waals surface area contributed by atoms with Crippen LogP contribution in [0.3, 0.4) is 0 Å². The zero-order valence-corrected chi connectivity index (χ0v) is 22.3. The van der Waals surface area contributed by atoms with Gasteiger partial charge in [0, 0.05) is 38.0 Å². The molecule has 0 saturated carbocycles. The van der Waals surface area contributed by atoms with E-state index in [0.29, 0.717) is 30.2 Å². The van der Waals surface area contributed by atoms with Gasteiger partial charge in [0.1, 0.15) is 0 Å². The molecule has 1 aromatic carbocycles. The van der Waals surface area contributed by atoms with Gasteiger partial charge in [0.2, 0.25) is 5.91 Å². The second kappa shape index (κ2) is 11.2. The number of likely N-dealkylation sites (tertiary alicyclic amines) is 1. The number of carbonyl (C=O) groups excluding carboxylic acids is 1. The molecule has 37 heavy (non-hydrogen) atoms. The van der Waals surface area contributed by atoms with Gasteiger partial charge in [-0.3, -0.25) is 4.79 Å². The molecule has 1 amide bonds. The number of nitrogens with zero attached hydrogens (tertiary/aromatic N) is 4. The number of halogens is 1. The molecule has 7 nitrogen and oxygen atoms in total. The predicted molar refractivity (Wildman–Crippen MR) is 141 cm³/mol. The van der Waals surface area contributed by atoms with Crippen molar-refractivity contribution in [2.45, 2.75) is 65.2 Å². The minimum absolute atomic E-state index is 0.0602. The molecule has 2 aliphatic heterocycles. The molecule has 1 aliphatic carbocycles. The first-order valence-electron chi connectivity index (χ1n) is 13.9. The maximum Gasteiger partial charge on any atom is 0.324 e. The number of benzene rings is 1. The van der Waals surface area contributed by atoms with Gasteiger partial charge in [0.15, 0.2) is 17.4 Å². The maximum atomic E-state index is 14.9. The number of hydrogen-bond donors (Lipinski definition) is 0. The van der Waals surface area contributed by atoms with Gasteiger partial charge < -0.3 is 19.1 Å². The first-order valence-corrected chi connectivity index (χ1v) is 13.9. The molecule has 1 aromatic heterocycles. The van der Waals surface area contributed by atoms with Crippen LogP contribution in [0, 0.1) is 23.6 Å². The largest absolute Gasteiger partial charge is 0.490 e. The molecule has 5 rings (SSSR count). The van der Waals surface area contributed by atoms with E-state index in [4.69, 9.17) is 9.26 Å². The van der Waals surface area contributed by atoms with E-state index in [1.54, 1.807) is 12.1 Å². The van der Waals surface area contributed by atoms with Crippen LogP contribution in [0.2, 0.25) is 0 Å². The first kappa shape index (κ1) is 25.7. The second-order valence-electron chi connectivity index (χ2n) is 11.4. The number of piperidine rings is 1. The molecular formula is C29H39FN4O3. The molecule has 0 N–H and O–H groups in total. The highest BCUT2D eigenvalue weighted by Crippen LogP contribution is 2.34. The van der Waals surface area contributed by atoms with Gasteiger partial charge in [-0.1, -0.05) is 38.1 Å². The fraction of sp³-hybridized carbons (Fsp3) is 0.621. The Kier molecular flexibility index (Phi) is 7.81. The Labute approximate surface area is 219 Å². The molecule has 2 fully saturated rings. The summed E-state index contributed by atoms with van der Waals surface area (Å²) in [7, 11) is 0. The molecule has 0 spiro atoms. The lowest BCUT2D eigenvalue weighted by Crippen LogP contribution is -2.35. The van der Waals surface area contributed by atoms with E-state index < -0.39 is 0 Å². The summed E-state index contributed by atoms with van der Waals surface area (Å²) < 4.78 is 26.2. The Morgan fingerprint density at radius 2 is 2.00 bits per heavy atom. The van der Waals surface area contributed by atoms with Crippen LogP contribution in [-0.4, -0.2) is 53.7 Å². The summed E-state index contributed by atoms with van der Waals surface area (Å²) in [6, 6.07) is 5.85. The molecule has 8 heteroatoms. The molecule has 2 saturated heterocycles. The lowest BCUT2D eigenvalue weighted by molar-refractivity contribution is -0.134. The third-order valence-corrected chi connectivity index (χ3v) is 8.11. The molecule has 200 valence electrons. The van der Waals surface area contributed by atoms with Crippen molar-refractivity contribution in [3.8, 4) is 5.75 Å². The number of rotatable bonds is 7. The van der Waals surface area contributed by atoms with Gasteiger partial charge in [-0.05, 0) is 73.6 Å². The Bertz CT molecular complexity index is 1120. The van der Waals surface area contributed by atoms with E-state index in [0.717, 1.165) is 81.7 Å². The van der Waals surface area contributed by atoms with Crippen LogP contribution in [0.4, 0.5) is 10.4 Å². The van der Waals surface area contributed by atoms with Gasteiger partial charge in [-0.2, -0.15) is 4.98 Å². The van der Waals surface area contributed by atoms with Crippen molar-refractivity contribution < 1.29 is 18.4 Å². The van der Waals surface area contributed by atoms with Gasteiger partial charge in [0.25, 0.3) is 0 Å². The molecule has 2 aromatic rings. The summed E-state index contributed by atoms with van der Waals surface area (Å²) in [5.74, 6) is 2.26. The Morgan fingerprint density at radius 1 is 1.19 bits per heavy atom. The maximum absolute atomic E-state index is 14.9. The van der Waals surface area contributed by atoms with Gasteiger partial charge in [0.05, 0.1) is 6.61 Å². The van der Waals surface area contributed by atoms with E-state index in [1.807, 2.05) is 24.8 Å². The standard InChI is InChI=1S/C29H39FN4O3/c1-19(2)27-31-29(37-32-27)33-14-11-21(12-15-33)18-36-26-9-8-24(16-25(26)30)22-4-6-23(7-5-22)28(35)34-13-10-20(3)17-34/h4,8-9,16,19-21,23H,5-7,10-15,17-18H2,1-3H3. The van der Waals surface area contributed by atoms with E-state index in [9.17, 15) is 9.18 Å². The first-order chi connectivity index (χ1) is 17.9.